The second-order valence-corrected chi connectivity index (χ2v) is 7.45. The number of halogens is 2. The van der Waals surface area contributed by atoms with Gasteiger partial charge in [0.25, 0.3) is 0 Å². The lowest BCUT2D eigenvalue weighted by Crippen LogP contribution is -2.23. The van der Waals surface area contributed by atoms with Crippen molar-refractivity contribution in [1.82, 2.24) is 0 Å². The van der Waals surface area contributed by atoms with Crippen LogP contribution in [0.5, 0.6) is 5.75 Å². The molecule has 7 heteroatoms. The summed E-state index contributed by atoms with van der Waals surface area (Å²) in [5, 5.41) is 2.75. The van der Waals surface area contributed by atoms with Gasteiger partial charge in [-0.3, -0.25) is 9.59 Å². The van der Waals surface area contributed by atoms with Crippen LogP contribution in [0.15, 0.2) is 42.5 Å². The Morgan fingerprint density at radius 3 is 2.52 bits per heavy atom. The Balaban J connectivity index is 1.83. The first-order valence-corrected chi connectivity index (χ1v) is 9.31. The van der Waals surface area contributed by atoms with E-state index in [4.69, 9.17) is 27.9 Å². The third-order valence-corrected chi connectivity index (χ3v) is 5.18. The van der Waals surface area contributed by atoms with Gasteiger partial charge in [0, 0.05) is 5.69 Å². The van der Waals surface area contributed by atoms with Gasteiger partial charge in [0.05, 0.1) is 10.8 Å². The number of hydrogen-bond acceptors (Lipinski definition) is 4. The van der Waals surface area contributed by atoms with Crippen LogP contribution in [-0.4, -0.2) is 22.9 Å². The summed E-state index contributed by atoms with van der Waals surface area (Å²) in [6.45, 7) is 3.64. The van der Waals surface area contributed by atoms with E-state index in [1.807, 2.05) is 31.2 Å². The Morgan fingerprint density at radius 2 is 1.84 bits per heavy atom. The summed E-state index contributed by atoms with van der Waals surface area (Å²) in [5.41, 5.74) is 1.83. The summed E-state index contributed by atoms with van der Waals surface area (Å²) in [5.74, 6) is -0.338. The zero-order chi connectivity index (χ0) is 18.4. The number of nitrogens with one attached hydrogen (secondary N) is 1. The van der Waals surface area contributed by atoms with E-state index in [1.165, 1.54) is 11.8 Å². The molecule has 0 fully saturated rings. The lowest BCUT2D eigenvalue weighted by atomic mass is 10.2. The van der Waals surface area contributed by atoms with Gasteiger partial charge in [-0.1, -0.05) is 47.0 Å². The number of hydrogen-bond donors (Lipinski definition) is 1. The summed E-state index contributed by atoms with van der Waals surface area (Å²) in [7, 11) is 0. The highest BCUT2D eigenvalue weighted by Crippen LogP contribution is 2.32. The fourth-order valence-electron chi connectivity index (χ4n) is 1.86. The highest BCUT2D eigenvalue weighted by Gasteiger charge is 2.19. The van der Waals surface area contributed by atoms with Crippen molar-refractivity contribution in [2.75, 3.05) is 11.1 Å². The SMILES string of the molecule is Cc1ccc(NC(=O)CSC(C)C(=O)Oc2cccc(Cl)c2Cl)cc1. The molecular formula is C18H17Cl2NO3S. The molecule has 0 saturated heterocycles. The van der Waals surface area contributed by atoms with Crippen molar-refractivity contribution < 1.29 is 14.3 Å². The van der Waals surface area contributed by atoms with E-state index in [9.17, 15) is 9.59 Å². The van der Waals surface area contributed by atoms with Crippen molar-refractivity contribution in [3.05, 3.63) is 58.1 Å². The summed E-state index contributed by atoms with van der Waals surface area (Å²) < 4.78 is 5.24. The molecule has 2 aromatic carbocycles. The third-order valence-electron chi connectivity index (χ3n) is 3.26. The minimum absolute atomic E-state index is 0.132. The summed E-state index contributed by atoms with van der Waals surface area (Å²) in [4.78, 5) is 24.1. The predicted molar refractivity (Wildman–Crippen MR) is 104 cm³/mol. The molecule has 1 atom stereocenters. The largest absolute Gasteiger partial charge is 0.424 e. The van der Waals surface area contributed by atoms with Gasteiger partial charge in [0.15, 0.2) is 5.75 Å². The van der Waals surface area contributed by atoms with Crippen molar-refractivity contribution in [3.63, 3.8) is 0 Å². The van der Waals surface area contributed by atoms with Crippen molar-refractivity contribution >= 4 is 52.5 Å². The van der Waals surface area contributed by atoms with Gasteiger partial charge >= 0.3 is 5.97 Å². The maximum atomic E-state index is 12.1. The Bertz CT molecular complexity index is 765. The standard InChI is InChI=1S/C18H17Cl2NO3S/c1-11-6-8-13(9-7-11)21-16(22)10-25-12(2)18(23)24-15-5-3-4-14(19)17(15)20/h3-9,12H,10H2,1-2H3,(H,21,22). The molecule has 0 spiro atoms. The van der Waals surface area contributed by atoms with Gasteiger partial charge in [-0.2, -0.15) is 0 Å². The van der Waals surface area contributed by atoms with Crippen LogP contribution in [0.1, 0.15) is 12.5 Å². The zero-order valence-electron chi connectivity index (χ0n) is 13.7. The number of carbonyl (C=O) groups is 2. The lowest BCUT2D eigenvalue weighted by Gasteiger charge is -2.12. The van der Waals surface area contributed by atoms with Gasteiger partial charge in [0.2, 0.25) is 5.91 Å². The number of aryl methyl sites for hydroxylation is 1. The van der Waals surface area contributed by atoms with Gasteiger partial charge in [-0.25, -0.2) is 0 Å². The molecule has 1 unspecified atom stereocenters. The minimum Gasteiger partial charge on any atom is -0.424 e. The highest BCUT2D eigenvalue weighted by molar-refractivity contribution is 8.01. The Morgan fingerprint density at radius 1 is 1.16 bits per heavy atom. The molecule has 25 heavy (non-hydrogen) atoms. The van der Waals surface area contributed by atoms with Crippen molar-refractivity contribution in [2.45, 2.75) is 19.1 Å². The van der Waals surface area contributed by atoms with Crippen molar-refractivity contribution in [2.24, 2.45) is 0 Å². The number of amides is 1. The van der Waals surface area contributed by atoms with E-state index in [-0.39, 0.29) is 22.4 Å². The third kappa shape index (κ3) is 5.96. The Kier molecular flexibility index (Phi) is 7.17. The second kappa shape index (κ2) is 9.13. The molecule has 4 nitrogen and oxygen atoms in total. The van der Waals surface area contributed by atoms with Gasteiger partial charge in [-0.05, 0) is 38.1 Å². The molecule has 2 aromatic rings. The molecule has 132 valence electrons. The summed E-state index contributed by atoms with van der Waals surface area (Å²) in [6.07, 6.45) is 0. The molecule has 0 radical (unpaired) electrons. The van der Waals surface area contributed by atoms with E-state index in [1.54, 1.807) is 25.1 Å². The maximum absolute atomic E-state index is 12.1. The first-order chi connectivity index (χ1) is 11.9. The van der Waals surface area contributed by atoms with Crippen LogP contribution >= 0.6 is 35.0 Å². The molecule has 2 rings (SSSR count). The molecule has 1 amide bonds. The van der Waals surface area contributed by atoms with E-state index < -0.39 is 11.2 Å². The van der Waals surface area contributed by atoms with Crippen molar-refractivity contribution in [1.29, 1.82) is 0 Å². The number of thioether (sulfide) groups is 1. The van der Waals surface area contributed by atoms with Crippen LogP contribution in [0, 0.1) is 6.92 Å². The highest BCUT2D eigenvalue weighted by atomic mass is 35.5. The monoisotopic (exact) mass is 397 g/mol. The van der Waals surface area contributed by atoms with Gasteiger partial charge < -0.3 is 10.1 Å². The smallest absolute Gasteiger partial charge is 0.324 e. The summed E-state index contributed by atoms with van der Waals surface area (Å²) in [6, 6.07) is 12.3. The number of carbonyl (C=O) groups excluding carboxylic acids is 2. The Hall–Kier alpha value is -1.69. The van der Waals surface area contributed by atoms with Gasteiger partial charge in [0.1, 0.15) is 10.3 Å². The van der Waals surface area contributed by atoms with E-state index in [0.717, 1.165) is 11.3 Å². The molecule has 1 N–H and O–H groups in total. The number of benzene rings is 2. The first kappa shape index (κ1) is 19.6. The molecular weight excluding hydrogens is 381 g/mol. The van der Waals surface area contributed by atoms with E-state index in [0.29, 0.717) is 5.02 Å². The average molecular weight is 398 g/mol. The van der Waals surface area contributed by atoms with Crippen LogP contribution in [0.2, 0.25) is 10.0 Å². The fraction of sp³-hybridized carbons (Fsp3) is 0.222. The first-order valence-electron chi connectivity index (χ1n) is 7.50. The Labute approximate surface area is 160 Å². The average Bonchev–Trinajstić information content (AvgIpc) is 2.58. The molecule has 0 saturated carbocycles. The van der Waals surface area contributed by atoms with Crippen LogP contribution in [0.4, 0.5) is 5.69 Å². The molecule has 0 aliphatic carbocycles. The summed E-state index contributed by atoms with van der Waals surface area (Å²) >= 11 is 13.1. The number of ether oxygens (including phenoxy) is 1. The molecule has 0 bridgehead atoms. The number of anilines is 1. The molecule has 0 aliphatic rings. The van der Waals surface area contributed by atoms with E-state index in [2.05, 4.69) is 5.32 Å². The molecule has 0 heterocycles. The van der Waals surface area contributed by atoms with Crippen LogP contribution in [0.3, 0.4) is 0 Å². The number of rotatable bonds is 6. The fourth-order valence-corrected chi connectivity index (χ4v) is 2.85. The quantitative estimate of drug-likeness (QED) is 0.552. The number of esters is 1. The minimum atomic E-state index is -0.529. The van der Waals surface area contributed by atoms with Crippen LogP contribution in [0.25, 0.3) is 0 Å². The van der Waals surface area contributed by atoms with Crippen LogP contribution < -0.4 is 10.1 Å². The van der Waals surface area contributed by atoms with Gasteiger partial charge in [-0.15, -0.1) is 11.8 Å². The zero-order valence-corrected chi connectivity index (χ0v) is 16.0. The van der Waals surface area contributed by atoms with Crippen LogP contribution in [-0.2, 0) is 9.59 Å². The predicted octanol–water partition coefficient (Wildman–Crippen LogP) is 4.97. The molecule has 0 aromatic heterocycles. The van der Waals surface area contributed by atoms with Crippen molar-refractivity contribution in [3.8, 4) is 5.75 Å². The normalized spacial score (nSPS) is 11.7. The lowest BCUT2D eigenvalue weighted by molar-refractivity contribution is -0.133. The van der Waals surface area contributed by atoms with E-state index >= 15 is 0 Å². The topological polar surface area (TPSA) is 55.4 Å². The molecule has 0 aliphatic heterocycles. The maximum Gasteiger partial charge on any atom is 0.324 e. The second-order valence-electron chi connectivity index (χ2n) is 5.34.